The van der Waals surface area contributed by atoms with E-state index in [4.69, 9.17) is 5.11 Å². The highest BCUT2D eigenvalue weighted by Crippen LogP contribution is 2.23. The van der Waals surface area contributed by atoms with Crippen LogP contribution in [0.1, 0.15) is 45.4 Å². The fourth-order valence-corrected chi connectivity index (χ4v) is 3.45. The molecule has 112 valence electrons. The molecule has 0 heterocycles. The van der Waals surface area contributed by atoms with Crippen LogP contribution in [0.25, 0.3) is 0 Å². The second-order valence-electron chi connectivity index (χ2n) is 5.40. The average molecular weight is 292 g/mol. The van der Waals surface area contributed by atoms with Crippen molar-refractivity contribution < 1.29 is 18.3 Å². The van der Waals surface area contributed by atoms with Crippen molar-refractivity contribution in [2.45, 2.75) is 51.5 Å². The van der Waals surface area contributed by atoms with E-state index in [1.54, 1.807) is 0 Å². The molecule has 2 N–H and O–H groups in total. The molecule has 2 unspecified atom stereocenters. The second-order valence-corrected chi connectivity index (χ2v) is 7.21. The lowest BCUT2D eigenvalue weighted by atomic mass is 10.0. The second kappa shape index (κ2) is 7.21. The molecule has 1 aliphatic rings. The van der Waals surface area contributed by atoms with Crippen molar-refractivity contribution in [1.82, 2.24) is 9.03 Å². The van der Waals surface area contributed by atoms with Gasteiger partial charge in [0.2, 0.25) is 0 Å². The highest BCUT2D eigenvalue weighted by Gasteiger charge is 2.24. The Morgan fingerprint density at radius 2 is 2.00 bits per heavy atom. The van der Waals surface area contributed by atoms with Crippen molar-refractivity contribution in [2.75, 3.05) is 13.6 Å². The van der Waals surface area contributed by atoms with Gasteiger partial charge in [-0.1, -0.05) is 19.8 Å². The number of carboxylic acid groups (broad SMARTS) is 1. The molecular weight excluding hydrogens is 268 g/mol. The van der Waals surface area contributed by atoms with Gasteiger partial charge < -0.3 is 5.11 Å². The first-order valence-corrected chi connectivity index (χ1v) is 8.20. The quantitative estimate of drug-likeness (QED) is 0.720. The van der Waals surface area contributed by atoms with Gasteiger partial charge >= 0.3 is 5.97 Å². The van der Waals surface area contributed by atoms with E-state index in [1.807, 2.05) is 0 Å². The molecular formula is C12H24N2O4S. The Labute approximate surface area is 115 Å². The summed E-state index contributed by atoms with van der Waals surface area (Å²) in [6.45, 7) is 2.18. The topological polar surface area (TPSA) is 86.7 Å². The molecule has 6 nitrogen and oxygen atoms in total. The molecule has 1 saturated carbocycles. The van der Waals surface area contributed by atoms with Crippen molar-refractivity contribution >= 4 is 16.2 Å². The highest BCUT2D eigenvalue weighted by molar-refractivity contribution is 7.87. The van der Waals surface area contributed by atoms with E-state index < -0.39 is 16.2 Å². The average Bonchev–Trinajstić information content (AvgIpc) is 2.50. The highest BCUT2D eigenvalue weighted by atomic mass is 32.2. The van der Waals surface area contributed by atoms with Crippen LogP contribution in [0, 0.1) is 5.92 Å². The maximum atomic E-state index is 12.0. The largest absolute Gasteiger partial charge is 0.481 e. The van der Waals surface area contributed by atoms with E-state index in [9.17, 15) is 13.2 Å². The van der Waals surface area contributed by atoms with Gasteiger partial charge in [0, 0.05) is 19.6 Å². The summed E-state index contributed by atoms with van der Waals surface area (Å²) in [5.74, 6) is -0.343. The molecule has 0 spiro atoms. The van der Waals surface area contributed by atoms with E-state index in [0.717, 1.165) is 36.4 Å². The lowest BCUT2D eigenvalue weighted by molar-refractivity contribution is -0.137. The molecule has 2 atom stereocenters. The normalized spacial score (nSPS) is 25.2. The predicted octanol–water partition coefficient (Wildman–Crippen LogP) is 1.20. The Kier molecular flexibility index (Phi) is 6.22. The summed E-state index contributed by atoms with van der Waals surface area (Å²) in [6, 6.07) is -0.0257. The van der Waals surface area contributed by atoms with Gasteiger partial charge in [0.25, 0.3) is 10.2 Å². The first-order valence-electron chi connectivity index (χ1n) is 6.76. The Hall–Kier alpha value is -0.660. The van der Waals surface area contributed by atoms with Gasteiger partial charge in [-0.2, -0.15) is 17.4 Å². The summed E-state index contributed by atoms with van der Waals surface area (Å²) in [5.41, 5.74) is 0. The van der Waals surface area contributed by atoms with Crippen LogP contribution in [0.5, 0.6) is 0 Å². The smallest absolute Gasteiger partial charge is 0.304 e. The van der Waals surface area contributed by atoms with Crippen LogP contribution in [-0.4, -0.2) is 43.4 Å². The minimum absolute atomic E-state index is 0.00616. The molecule has 0 amide bonds. The number of aliphatic carboxylic acids is 1. The summed E-state index contributed by atoms with van der Waals surface area (Å²) < 4.78 is 27.8. The van der Waals surface area contributed by atoms with Gasteiger partial charge in [0.1, 0.15) is 0 Å². The molecule has 0 bridgehead atoms. The third-order valence-electron chi connectivity index (χ3n) is 3.62. The van der Waals surface area contributed by atoms with Crippen LogP contribution >= 0.6 is 0 Å². The van der Waals surface area contributed by atoms with Gasteiger partial charge in [-0.3, -0.25) is 4.79 Å². The number of carbonyl (C=O) groups is 1. The van der Waals surface area contributed by atoms with E-state index in [1.165, 1.54) is 7.05 Å². The summed E-state index contributed by atoms with van der Waals surface area (Å²) in [4.78, 5) is 10.5. The Morgan fingerprint density at radius 3 is 2.63 bits per heavy atom. The summed E-state index contributed by atoms with van der Waals surface area (Å²) in [7, 11) is -2.16. The van der Waals surface area contributed by atoms with Gasteiger partial charge in [0.05, 0.1) is 6.42 Å². The minimum Gasteiger partial charge on any atom is -0.481 e. The van der Waals surface area contributed by atoms with Gasteiger partial charge in [-0.05, 0) is 25.2 Å². The van der Waals surface area contributed by atoms with Crippen molar-refractivity contribution in [2.24, 2.45) is 5.92 Å². The number of nitrogens with zero attached hydrogens (tertiary/aromatic N) is 1. The van der Waals surface area contributed by atoms with Crippen LogP contribution in [-0.2, 0) is 15.0 Å². The number of hydrogen-bond acceptors (Lipinski definition) is 3. The van der Waals surface area contributed by atoms with Crippen molar-refractivity contribution in [1.29, 1.82) is 0 Å². The molecule has 1 aliphatic carbocycles. The van der Waals surface area contributed by atoms with Crippen molar-refractivity contribution in [3.8, 4) is 0 Å². The van der Waals surface area contributed by atoms with Crippen molar-refractivity contribution in [3.05, 3.63) is 0 Å². The predicted molar refractivity (Wildman–Crippen MR) is 73.0 cm³/mol. The Morgan fingerprint density at radius 1 is 1.32 bits per heavy atom. The minimum atomic E-state index is -3.57. The van der Waals surface area contributed by atoms with Crippen molar-refractivity contribution in [3.63, 3.8) is 0 Å². The van der Waals surface area contributed by atoms with Crippen LogP contribution in [0.3, 0.4) is 0 Å². The zero-order chi connectivity index (χ0) is 14.5. The molecule has 0 saturated heterocycles. The molecule has 1 fully saturated rings. The number of nitrogens with one attached hydrogen (secondary N) is 1. The van der Waals surface area contributed by atoms with E-state index in [2.05, 4.69) is 11.6 Å². The molecule has 1 rings (SSSR count). The lowest BCUT2D eigenvalue weighted by Gasteiger charge is -2.22. The van der Waals surface area contributed by atoms with Crippen LogP contribution in [0.4, 0.5) is 0 Å². The molecule has 19 heavy (non-hydrogen) atoms. The first-order chi connectivity index (χ1) is 8.81. The summed E-state index contributed by atoms with van der Waals surface area (Å²) in [6.07, 6.45) is 4.74. The fourth-order valence-electron chi connectivity index (χ4n) is 2.28. The maximum Gasteiger partial charge on any atom is 0.304 e. The Balaban J connectivity index is 2.50. The molecule has 0 aromatic rings. The summed E-state index contributed by atoms with van der Waals surface area (Å²) >= 11 is 0. The molecule has 0 aliphatic heterocycles. The van der Waals surface area contributed by atoms with Gasteiger partial charge in [0.15, 0.2) is 0 Å². The maximum absolute atomic E-state index is 12.0. The van der Waals surface area contributed by atoms with E-state index in [-0.39, 0.29) is 19.0 Å². The summed E-state index contributed by atoms with van der Waals surface area (Å²) in [5, 5.41) is 8.57. The number of hydrogen-bond donors (Lipinski definition) is 2. The third kappa shape index (κ3) is 5.88. The zero-order valence-electron chi connectivity index (χ0n) is 11.6. The molecule has 0 radical (unpaired) electrons. The van der Waals surface area contributed by atoms with Crippen LogP contribution in [0.15, 0.2) is 0 Å². The van der Waals surface area contributed by atoms with Crippen LogP contribution < -0.4 is 4.72 Å². The molecule has 0 aromatic carbocycles. The number of carboxylic acids is 1. The fraction of sp³-hybridized carbons (Fsp3) is 0.917. The van der Waals surface area contributed by atoms with E-state index in [0.29, 0.717) is 5.92 Å². The monoisotopic (exact) mass is 292 g/mol. The van der Waals surface area contributed by atoms with Gasteiger partial charge in [-0.15, -0.1) is 0 Å². The zero-order valence-corrected chi connectivity index (χ0v) is 12.4. The van der Waals surface area contributed by atoms with Crippen LogP contribution in [0.2, 0.25) is 0 Å². The lowest BCUT2D eigenvalue weighted by Crippen LogP contribution is -2.44. The third-order valence-corrected chi connectivity index (χ3v) is 5.26. The van der Waals surface area contributed by atoms with E-state index >= 15 is 0 Å². The molecule has 7 heteroatoms. The Bertz CT molecular complexity index is 397. The SMILES string of the molecule is CC1CCCC(NS(=O)(=O)N(C)CCC(=O)O)CC1. The standard InChI is InChI=1S/C12H24N2O4S/c1-10-4-3-5-11(7-6-10)13-19(17,18)14(2)9-8-12(15)16/h10-11,13H,3-9H2,1-2H3,(H,15,16). The first kappa shape index (κ1) is 16.4. The number of rotatable bonds is 6. The van der Waals surface area contributed by atoms with Gasteiger partial charge in [-0.25, -0.2) is 0 Å². The molecule has 0 aromatic heterocycles.